The zero-order valence-corrected chi connectivity index (χ0v) is 11.7. The third-order valence-electron chi connectivity index (χ3n) is 3.38. The van der Waals surface area contributed by atoms with Gasteiger partial charge in [-0.3, -0.25) is 9.88 Å². The second-order valence-corrected chi connectivity index (χ2v) is 5.10. The van der Waals surface area contributed by atoms with E-state index in [-0.39, 0.29) is 6.10 Å². The maximum absolute atomic E-state index is 10.2. The molecule has 5 heteroatoms. The first-order valence-corrected chi connectivity index (χ1v) is 6.77. The lowest BCUT2D eigenvalue weighted by Crippen LogP contribution is -2.44. The van der Waals surface area contributed by atoms with E-state index in [2.05, 4.69) is 14.8 Å². The van der Waals surface area contributed by atoms with Crippen LogP contribution in [0.1, 0.15) is 5.69 Å². The fraction of sp³-hybridized carbons (Fsp3) is 0.643. The Balaban J connectivity index is 1.82. The summed E-state index contributed by atoms with van der Waals surface area (Å²) >= 11 is 0. The van der Waals surface area contributed by atoms with Crippen molar-refractivity contribution in [3.8, 4) is 0 Å². The molecule has 1 fully saturated rings. The van der Waals surface area contributed by atoms with Gasteiger partial charge in [0.25, 0.3) is 0 Å². The topological polar surface area (TPSA) is 48.8 Å². The molecule has 1 saturated heterocycles. The highest BCUT2D eigenvalue weighted by atomic mass is 16.5. The Morgan fingerprint density at radius 1 is 1.47 bits per heavy atom. The van der Waals surface area contributed by atoms with Crippen LogP contribution in [0, 0.1) is 6.92 Å². The van der Waals surface area contributed by atoms with Gasteiger partial charge < -0.3 is 14.7 Å². The Morgan fingerprint density at radius 3 is 2.89 bits per heavy atom. The Labute approximate surface area is 114 Å². The zero-order chi connectivity index (χ0) is 13.7. The molecule has 1 aromatic heterocycles. The van der Waals surface area contributed by atoms with E-state index in [0.29, 0.717) is 13.1 Å². The molecule has 1 unspecified atom stereocenters. The number of nitrogens with zero attached hydrogens (tertiary/aromatic N) is 3. The molecule has 19 heavy (non-hydrogen) atoms. The summed E-state index contributed by atoms with van der Waals surface area (Å²) in [5, 5.41) is 10.2. The van der Waals surface area contributed by atoms with Crippen molar-refractivity contribution in [1.82, 2.24) is 9.88 Å². The van der Waals surface area contributed by atoms with Crippen LogP contribution in [-0.4, -0.2) is 67.5 Å². The molecular formula is C14H23N3O2. The standard InChI is InChI=1S/C14H23N3O2/c1-12-9-13(3-4-15-12)16(2)10-14(18)11-17-5-7-19-8-6-17/h3-4,9,14,18H,5-8,10-11H2,1-2H3. The van der Waals surface area contributed by atoms with E-state index in [1.807, 2.05) is 26.1 Å². The average Bonchev–Trinajstić information content (AvgIpc) is 2.39. The third-order valence-corrected chi connectivity index (χ3v) is 3.38. The normalized spacial score (nSPS) is 18.3. The first-order valence-electron chi connectivity index (χ1n) is 6.77. The molecule has 5 nitrogen and oxygen atoms in total. The molecule has 1 atom stereocenters. The van der Waals surface area contributed by atoms with Gasteiger partial charge in [-0.05, 0) is 19.1 Å². The van der Waals surface area contributed by atoms with Crippen LogP contribution < -0.4 is 4.90 Å². The van der Waals surface area contributed by atoms with E-state index in [1.54, 1.807) is 6.20 Å². The largest absolute Gasteiger partial charge is 0.390 e. The van der Waals surface area contributed by atoms with Crippen molar-refractivity contribution in [2.75, 3.05) is 51.3 Å². The number of aryl methyl sites for hydroxylation is 1. The number of hydrogen-bond acceptors (Lipinski definition) is 5. The van der Waals surface area contributed by atoms with E-state index in [4.69, 9.17) is 4.74 Å². The summed E-state index contributed by atoms with van der Waals surface area (Å²) < 4.78 is 5.30. The second-order valence-electron chi connectivity index (χ2n) is 5.10. The lowest BCUT2D eigenvalue weighted by atomic mass is 10.2. The maximum Gasteiger partial charge on any atom is 0.0841 e. The minimum absolute atomic E-state index is 0.350. The second kappa shape index (κ2) is 6.84. The monoisotopic (exact) mass is 265 g/mol. The summed E-state index contributed by atoms with van der Waals surface area (Å²) in [5.41, 5.74) is 2.08. The van der Waals surface area contributed by atoms with Crippen molar-refractivity contribution < 1.29 is 9.84 Å². The molecule has 0 aliphatic carbocycles. The smallest absolute Gasteiger partial charge is 0.0841 e. The molecule has 1 aromatic rings. The fourth-order valence-corrected chi connectivity index (χ4v) is 2.33. The van der Waals surface area contributed by atoms with Gasteiger partial charge in [-0.1, -0.05) is 0 Å². The quantitative estimate of drug-likeness (QED) is 0.841. The zero-order valence-electron chi connectivity index (χ0n) is 11.7. The van der Waals surface area contributed by atoms with Gasteiger partial charge in [0, 0.05) is 50.8 Å². The molecule has 0 spiro atoms. The van der Waals surface area contributed by atoms with Crippen LogP contribution in [0.4, 0.5) is 5.69 Å². The molecular weight excluding hydrogens is 242 g/mol. The number of pyridine rings is 1. The molecule has 0 radical (unpaired) electrons. The number of anilines is 1. The number of aliphatic hydroxyl groups is 1. The molecule has 106 valence electrons. The number of morpholine rings is 1. The van der Waals surface area contributed by atoms with Gasteiger partial charge in [-0.25, -0.2) is 0 Å². The number of aliphatic hydroxyl groups excluding tert-OH is 1. The molecule has 2 heterocycles. The van der Waals surface area contributed by atoms with Crippen LogP contribution in [0.15, 0.2) is 18.3 Å². The highest BCUT2D eigenvalue weighted by Gasteiger charge is 2.16. The molecule has 1 aliphatic rings. The van der Waals surface area contributed by atoms with Gasteiger partial charge in [0.05, 0.1) is 19.3 Å². The summed E-state index contributed by atoms with van der Waals surface area (Å²) in [6.45, 7) is 6.67. The van der Waals surface area contributed by atoms with Crippen LogP contribution in [0.25, 0.3) is 0 Å². The summed E-state index contributed by atoms with van der Waals surface area (Å²) in [7, 11) is 2.00. The van der Waals surface area contributed by atoms with Crippen molar-refractivity contribution >= 4 is 5.69 Å². The van der Waals surface area contributed by atoms with Gasteiger partial charge in [0.2, 0.25) is 0 Å². The minimum Gasteiger partial charge on any atom is -0.390 e. The van der Waals surface area contributed by atoms with Gasteiger partial charge >= 0.3 is 0 Å². The predicted molar refractivity (Wildman–Crippen MR) is 75.5 cm³/mol. The Kier molecular flexibility index (Phi) is 5.13. The van der Waals surface area contributed by atoms with Crippen molar-refractivity contribution in [3.63, 3.8) is 0 Å². The Hall–Kier alpha value is -1.17. The predicted octanol–water partition coefficient (Wildman–Crippen LogP) is 0.519. The highest BCUT2D eigenvalue weighted by Crippen LogP contribution is 2.13. The van der Waals surface area contributed by atoms with Gasteiger partial charge in [-0.15, -0.1) is 0 Å². The third kappa shape index (κ3) is 4.45. The first kappa shape index (κ1) is 14.2. The lowest BCUT2D eigenvalue weighted by Gasteiger charge is -2.30. The number of rotatable bonds is 5. The summed E-state index contributed by atoms with van der Waals surface area (Å²) in [6.07, 6.45) is 1.45. The highest BCUT2D eigenvalue weighted by molar-refractivity contribution is 5.45. The summed E-state index contributed by atoms with van der Waals surface area (Å²) in [5.74, 6) is 0. The van der Waals surface area contributed by atoms with Gasteiger partial charge in [0.1, 0.15) is 0 Å². The van der Waals surface area contributed by atoms with Crippen molar-refractivity contribution in [2.45, 2.75) is 13.0 Å². The van der Waals surface area contributed by atoms with Crippen LogP contribution in [-0.2, 0) is 4.74 Å². The summed E-state index contributed by atoms with van der Waals surface area (Å²) in [6, 6.07) is 4.00. The van der Waals surface area contributed by atoms with E-state index in [1.165, 1.54) is 0 Å². The van der Waals surface area contributed by atoms with Crippen LogP contribution in [0.2, 0.25) is 0 Å². The van der Waals surface area contributed by atoms with E-state index in [9.17, 15) is 5.11 Å². The summed E-state index contributed by atoms with van der Waals surface area (Å²) in [4.78, 5) is 8.50. The Morgan fingerprint density at radius 2 is 2.21 bits per heavy atom. The number of likely N-dealkylation sites (N-methyl/N-ethyl adjacent to an activating group) is 1. The molecule has 1 N–H and O–H groups in total. The number of ether oxygens (including phenoxy) is 1. The van der Waals surface area contributed by atoms with Gasteiger partial charge in [0.15, 0.2) is 0 Å². The first-order chi connectivity index (χ1) is 9.15. The molecule has 0 bridgehead atoms. The van der Waals surface area contributed by atoms with Crippen LogP contribution in [0.5, 0.6) is 0 Å². The molecule has 1 aliphatic heterocycles. The molecule has 0 saturated carbocycles. The van der Waals surface area contributed by atoms with Crippen LogP contribution in [0.3, 0.4) is 0 Å². The van der Waals surface area contributed by atoms with Gasteiger partial charge in [-0.2, -0.15) is 0 Å². The van der Waals surface area contributed by atoms with E-state index >= 15 is 0 Å². The van der Waals surface area contributed by atoms with Crippen LogP contribution >= 0.6 is 0 Å². The average molecular weight is 265 g/mol. The van der Waals surface area contributed by atoms with E-state index < -0.39 is 0 Å². The van der Waals surface area contributed by atoms with E-state index in [0.717, 1.165) is 37.7 Å². The Bertz CT molecular complexity index is 394. The fourth-order valence-electron chi connectivity index (χ4n) is 2.33. The van der Waals surface area contributed by atoms with Crippen molar-refractivity contribution in [2.24, 2.45) is 0 Å². The minimum atomic E-state index is -0.350. The van der Waals surface area contributed by atoms with Crippen molar-refractivity contribution in [3.05, 3.63) is 24.0 Å². The number of aromatic nitrogens is 1. The maximum atomic E-state index is 10.2. The molecule has 2 rings (SSSR count). The SMILES string of the molecule is Cc1cc(N(C)CC(O)CN2CCOCC2)ccn1. The lowest BCUT2D eigenvalue weighted by molar-refractivity contribution is 0.0162. The van der Waals surface area contributed by atoms with Crippen molar-refractivity contribution in [1.29, 1.82) is 0 Å². The molecule has 0 amide bonds. The number of β-amino-alcohol motifs (C(OH)–C–C–N with tert-alkyl or cyclic N) is 1. The number of hydrogen-bond donors (Lipinski definition) is 1. The molecule has 0 aromatic carbocycles.